The lowest BCUT2D eigenvalue weighted by atomic mass is 9.89. The summed E-state index contributed by atoms with van der Waals surface area (Å²) in [6.45, 7) is 2.31. The first kappa shape index (κ1) is 11.4. The average molecular weight is 221 g/mol. The molecule has 1 heterocycles. The van der Waals surface area contributed by atoms with Gasteiger partial charge in [0.2, 0.25) is 5.88 Å². The van der Waals surface area contributed by atoms with E-state index in [1.165, 1.54) is 12.8 Å². The zero-order valence-corrected chi connectivity index (χ0v) is 9.72. The molecule has 2 rings (SSSR count). The molecule has 1 aromatic heterocycles. The Bertz CT molecular complexity index is 340. The van der Waals surface area contributed by atoms with E-state index in [1.807, 2.05) is 6.07 Å². The summed E-state index contributed by atoms with van der Waals surface area (Å²) < 4.78 is 5.85. The fourth-order valence-electron chi connectivity index (χ4n) is 2.27. The van der Waals surface area contributed by atoms with Crippen molar-refractivity contribution in [2.24, 2.45) is 5.92 Å². The molecule has 0 bridgehead atoms. The first-order chi connectivity index (χ1) is 7.78. The molecule has 2 unspecified atom stereocenters. The Morgan fingerprint density at radius 3 is 3.12 bits per heavy atom. The fraction of sp³-hybridized carbons (Fsp3) is 0.615. The maximum atomic E-state index is 9.03. The van der Waals surface area contributed by atoms with Crippen LogP contribution < -0.4 is 4.74 Å². The molecule has 3 nitrogen and oxygen atoms in total. The molecule has 1 aromatic rings. The number of aliphatic hydroxyl groups is 1. The van der Waals surface area contributed by atoms with Crippen molar-refractivity contribution in [1.82, 2.24) is 4.98 Å². The Balaban J connectivity index is 1.97. The van der Waals surface area contributed by atoms with Crippen LogP contribution in [0.4, 0.5) is 0 Å². The van der Waals surface area contributed by atoms with Gasteiger partial charge in [-0.1, -0.05) is 13.3 Å². The fourth-order valence-corrected chi connectivity index (χ4v) is 2.27. The lowest BCUT2D eigenvalue weighted by Gasteiger charge is -2.26. The van der Waals surface area contributed by atoms with Crippen molar-refractivity contribution in [2.75, 3.05) is 0 Å². The molecule has 1 saturated carbocycles. The van der Waals surface area contributed by atoms with Gasteiger partial charge in [0, 0.05) is 12.3 Å². The molecule has 0 amide bonds. The van der Waals surface area contributed by atoms with Gasteiger partial charge < -0.3 is 9.84 Å². The van der Waals surface area contributed by atoms with Gasteiger partial charge in [-0.2, -0.15) is 0 Å². The Morgan fingerprint density at radius 2 is 2.38 bits per heavy atom. The van der Waals surface area contributed by atoms with Crippen molar-refractivity contribution in [3.8, 4) is 5.88 Å². The second-order valence-electron chi connectivity index (χ2n) is 4.67. The van der Waals surface area contributed by atoms with E-state index in [9.17, 15) is 0 Å². The van der Waals surface area contributed by atoms with Crippen molar-refractivity contribution in [3.05, 3.63) is 23.9 Å². The minimum absolute atomic E-state index is 0.0416. The highest BCUT2D eigenvalue weighted by Gasteiger charge is 2.20. The van der Waals surface area contributed by atoms with Gasteiger partial charge in [0.1, 0.15) is 6.10 Å². The van der Waals surface area contributed by atoms with Crippen LogP contribution in [-0.2, 0) is 6.61 Å². The van der Waals surface area contributed by atoms with Crippen molar-refractivity contribution < 1.29 is 9.84 Å². The molecule has 3 heteroatoms. The smallest absolute Gasteiger partial charge is 0.213 e. The van der Waals surface area contributed by atoms with Crippen LogP contribution in [0.25, 0.3) is 0 Å². The molecule has 1 aliphatic rings. The molecule has 2 atom stereocenters. The highest BCUT2D eigenvalue weighted by Crippen LogP contribution is 2.26. The molecule has 0 spiro atoms. The Kier molecular flexibility index (Phi) is 3.78. The zero-order chi connectivity index (χ0) is 11.4. The SMILES string of the molecule is CC1CCCC(Oc2cc(CO)ccn2)C1. The summed E-state index contributed by atoms with van der Waals surface area (Å²) in [5.41, 5.74) is 0.855. The van der Waals surface area contributed by atoms with Gasteiger partial charge in [-0.05, 0) is 36.8 Å². The molecule has 1 fully saturated rings. The summed E-state index contributed by atoms with van der Waals surface area (Å²) in [4.78, 5) is 4.17. The molecule has 88 valence electrons. The van der Waals surface area contributed by atoms with Crippen LogP contribution in [0.3, 0.4) is 0 Å². The van der Waals surface area contributed by atoms with E-state index < -0.39 is 0 Å². The first-order valence-electron chi connectivity index (χ1n) is 6.00. The third-order valence-electron chi connectivity index (χ3n) is 3.16. The molecule has 0 aliphatic heterocycles. The predicted molar refractivity (Wildman–Crippen MR) is 62.2 cm³/mol. The van der Waals surface area contributed by atoms with Crippen molar-refractivity contribution in [2.45, 2.75) is 45.3 Å². The quantitative estimate of drug-likeness (QED) is 0.852. The monoisotopic (exact) mass is 221 g/mol. The van der Waals surface area contributed by atoms with Crippen LogP contribution in [0.1, 0.15) is 38.2 Å². The molecular weight excluding hydrogens is 202 g/mol. The number of aromatic nitrogens is 1. The molecule has 0 radical (unpaired) electrons. The highest BCUT2D eigenvalue weighted by atomic mass is 16.5. The van der Waals surface area contributed by atoms with Crippen LogP contribution in [0.2, 0.25) is 0 Å². The number of aliphatic hydroxyl groups excluding tert-OH is 1. The van der Waals surface area contributed by atoms with Gasteiger partial charge in [0.25, 0.3) is 0 Å². The van der Waals surface area contributed by atoms with Gasteiger partial charge >= 0.3 is 0 Å². The molecule has 0 saturated heterocycles. The summed E-state index contributed by atoms with van der Waals surface area (Å²) in [5.74, 6) is 1.39. The molecule has 1 N–H and O–H groups in total. The van der Waals surface area contributed by atoms with E-state index in [1.54, 1.807) is 12.3 Å². The van der Waals surface area contributed by atoms with Crippen molar-refractivity contribution in [1.29, 1.82) is 0 Å². The number of ether oxygens (including phenoxy) is 1. The van der Waals surface area contributed by atoms with E-state index in [2.05, 4.69) is 11.9 Å². The summed E-state index contributed by atoms with van der Waals surface area (Å²) in [6, 6.07) is 3.62. The van der Waals surface area contributed by atoms with Gasteiger partial charge in [-0.15, -0.1) is 0 Å². The van der Waals surface area contributed by atoms with Gasteiger partial charge in [0.15, 0.2) is 0 Å². The third kappa shape index (κ3) is 2.95. The predicted octanol–water partition coefficient (Wildman–Crippen LogP) is 2.53. The third-order valence-corrected chi connectivity index (χ3v) is 3.16. The normalized spacial score (nSPS) is 25.4. The van der Waals surface area contributed by atoms with Crippen LogP contribution >= 0.6 is 0 Å². The molecular formula is C13H19NO2. The van der Waals surface area contributed by atoms with E-state index in [4.69, 9.17) is 9.84 Å². The first-order valence-corrected chi connectivity index (χ1v) is 6.00. The van der Waals surface area contributed by atoms with E-state index in [-0.39, 0.29) is 6.61 Å². The maximum Gasteiger partial charge on any atom is 0.213 e. The summed E-state index contributed by atoms with van der Waals surface area (Å²) in [5, 5.41) is 9.03. The van der Waals surface area contributed by atoms with Gasteiger partial charge in [-0.25, -0.2) is 4.98 Å². The molecule has 16 heavy (non-hydrogen) atoms. The Labute approximate surface area is 96.5 Å². The average Bonchev–Trinajstić information content (AvgIpc) is 2.29. The van der Waals surface area contributed by atoms with Crippen LogP contribution in [-0.4, -0.2) is 16.2 Å². The number of hydrogen-bond donors (Lipinski definition) is 1. The van der Waals surface area contributed by atoms with Crippen molar-refractivity contribution in [3.63, 3.8) is 0 Å². The second kappa shape index (κ2) is 5.30. The van der Waals surface area contributed by atoms with Crippen LogP contribution in [0.5, 0.6) is 5.88 Å². The van der Waals surface area contributed by atoms with Gasteiger partial charge in [0.05, 0.1) is 6.61 Å². The molecule has 0 aromatic carbocycles. The number of pyridine rings is 1. The van der Waals surface area contributed by atoms with Gasteiger partial charge in [-0.3, -0.25) is 0 Å². The minimum Gasteiger partial charge on any atom is -0.474 e. The van der Waals surface area contributed by atoms with Crippen LogP contribution in [0, 0.1) is 5.92 Å². The van der Waals surface area contributed by atoms with E-state index >= 15 is 0 Å². The molecule has 1 aliphatic carbocycles. The second-order valence-corrected chi connectivity index (χ2v) is 4.67. The lowest BCUT2D eigenvalue weighted by Crippen LogP contribution is -2.24. The van der Waals surface area contributed by atoms with E-state index in [0.717, 1.165) is 24.3 Å². The maximum absolute atomic E-state index is 9.03. The standard InChI is InChI=1S/C13H19NO2/c1-10-3-2-4-12(7-10)16-13-8-11(9-15)5-6-14-13/h5-6,8,10,12,15H,2-4,7,9H2,1H3. The zero-order valence-electron chi connectivity index (χ0n) is 9.72. The Hall–Kier alpha value is -1.09. The Morgan fingerprint density at radius 1 is 1.50 bits per heavy atom. The van der Waals surface area contributed by atoms with E-state index in [0.29, 0.717) is 12.0 Å². The largest absolute Gasteiger partial charge is 0.474 e. The van der Waals surface area contributed by atoms with Crippen LogP contribution in [0.15, 0.2) is 18.3 Å². The topological polar surface area (TPSA) is 42.4 Å². The summed E-state index contributed by atoms with van der Waals surface area (Å²) >= 11 is 0. The van der Waals surface area contributed by atoms with Crippen molar-refractivity contribution >= 4 is 0 Å². The summed E-state index contributed by atoms with van der Waals surface area (Å²) in [6.07, 6.45) is 6.77. The summed E-state index contributed by atoms with van der Waals surface area (Å²) in [7, 11) is 0. The number of hydrogen-bond acceptors (Lipinski definition) is 3. The lowest BCUT2D eigenvalue weighted by molar-refractivity contribution is 0.123. The highest BCUT2D eigenvalue weighted by molar-refractivity contribution is 5.19. The minimum atomic E-state index is 0.0416. The number of rotatable bonds is 3. The number of nitrogens with zero attached hydrogens (tertiary/aromatic N) is 1.